The molecule has 0 aliphatic heterocycles. The Hall–Kier alpha value is -3.36. The van der Waals surface area contributed by atoms with E-state index in [1.807, 2.05) is 0 Å². The second kappa shape index (κ2) is 10.1. The Balaban J connectivity index is 1.96. The number of hydrogen-bond acceptors (Lipinski definition) is 6. The van der Waals surface area contributed by atoms with Crippen molar-refractivity contribution in [1.29, 1.82) is 0 Å². The average molecular weight is 393 g/mol. The molecule has 2 N–H and O–H groups in total. The van der Waals surface area contributed by atoms with Crippen LogP contribution in [0.2, 0.25) is 0 Å². The van der Waals surface area contributed by atoms with Crippen LogP contribution in [0.25, 0.3) is 0 Å². The topological polar surface area (TPSA) is 81.2 Å². The van der Waals surface area contributed by atoms with Crippen LogP contribution in [-0.2, 0) is 4.79 Å². The van der Waals surface area contributed by atoms with Crippen molar-refractivity contribution < 1.29 is 27.8 Å². The van der Waals surface area contributed by atoms with Crippen LogP contribution in [0.4, 0.5) is 14.5 Å². The zero-order valence-corrected chi connectivity index (χ0v) is 15.7. The maximum atomic E-state index is 12.4. The normalized spacial score (nSPS) is 11.1. The molecule has 0 aromatic heterocycles. The van der Waals surface area contributed by atoms with Crippen LogP contribution < -0.4 is 25.0 Å². The van der Waals surface area contributed by atoms with Crippen molar-refractivity contribution >= 4 is 17.3 Å². The molecule has 9 heteroatoms. The van der Waals surface area contributed by atoms with Gasteiger partial charge in [-0.1, -0.05) is 6.07 Å². The summed E-state index contributed by atoms with van der Waals surface area (Å²) in [6, 6.07) is 11.6. The molecule has 0 fully saturated rings. The van der Waals surface area contributed by atoms with Crippen molar-refractivity contribution in [1.82, 2.24) is 5.43 Å². The number of benzene rings is 2. The van der Waals surface area contributed by atoms with Crippen LogP contribution in [0.1, 0.15) is 12.5 Å². The molecule has 0 unspecified atom stereocenters. The third-order valence-corrected chi connectivity index (χ3v) is 3.67. The van der Waals surface area contributed by atoms with E-state index in [0.29, 0.717) is 17.0 Å². The second-order valence-electron chi connectivity index (χ2n) is 5.56. The van der Waals surface area contributed by atoms with E-state index in [4.69, 9.17) is 9.47 Å². The molecule has 0 atom stereocenters. The highest BCUT2D eigenvalue weighted by Crippen LogP contribution is 2.29. The monoisotopic (exact) mass is 393 g/mol. The Morgan fingerprint density at radius 1 is 1.11 bits per heavy atom. The van der Waals surface area contributed by atoms with Crippen LogP contribution in [0.5, 0.6) is 17.2 Å². The van der Waals surface area contributed by atoms with Crippen LogP contribution in [0, 0.1) is 0 Å². The predicted octanol–water partition coefficient (Wildman–Crippen LogP) is 3.26. The molecule has 0 bridgehead atoms. The molecule has 0 radical (unpaired) electrons. The molecule has 2 aromatic rings. The number of nitrogens with one attached hydrogen (secondary N) is 2. The Bertz CT molecular complexity index is 844. The standard InChI is InChI=1S/C19H21F2N3O4/c1-12(13-7-8-16(28-19(20)21)17(9-13)27-3)23-24-18(25)11-22-14-5-4-6-15(10-14)26-2/h4-10,19,22H,11H2,1-3H3,(H,24,25)/b23-12-. The Morgan fingerprint density at radius 2 is 1.89 bits per heavy atom. The summed E-state index contributed by atoms with van der Waals surface area (Å²) in [5.41, 5.74) is 4.21. The van der Waals surface area contributed by atoms with Gasteiger partial charge in [0.05, 0.1) is 26.5 Å². The van der Waals surface area contributed by atoms with Gasteiger partial charge in [0.25, 0.3) is 5.91 Å². The summed E-state index contributed by atoms with van der Waals surface area (Å²) >= 11 is 0. The Morgan fingerprint density at radius 3 is 2.57 bits per heavy atom. The highest BCUT2D eigenvalue weighted by atomic mass is 19.3. The largest absolute Gasteiger partial charge is 0.497 e. The van der Waals surface area contributed by atoms with Gasteiger partial charge in [0.2, 0.25) is 0 Å². The fourth-order valence-corrected chi connectivity index (χ4v) is 2.25. The van der Waals surface area contributed by atoms with Gasteiger partial charge in [-0.05, 0) is 37.3 Å². The first kappa shape index (κ1) is 20.9. The number of hydrogen-bond donors (Lipinski definition) is 2. The number of halogens is 2. The zero-order valence-electron chi connectivity index (χ0n) is 15.7. The first-order valence-electron chi connectivity index (χ1n) is 8.27. The van der Waals surface area contributed by atoms with E-state index in [1.54, 1.807) is 44.4 Å². The van der Waals surface area contributed by atoms with E-state index in [2.05, 4.69) is 20.6 Å². The van der Waals surface area contributed by atoms with Crippen molar-refractivity contribution in [3.8, 4) is 17.2 Å². The maximum absolute atomic E-state index is 12.4. The van der Waals surface area contributed by atoms with Crippen LogP contribution in [0.15, 0.2) is 47.6 Å². The van der Waals surface area contributed by atoms with Crippen molar-refractivity contribution in [2.75, 3.05) is 26.1 Å². The summed E-state index contributed by atoms with van der Waals surface area (Å²) in [6.45, 7) is -1.28. The SMILES string of the molecule is COc1cccc(NCC(=O)N/N=C(/C)c2ccc(OC(F)F)c(OC)c2)c1. The number of rotatable bonds is 9. The van der Waals surface area contributed by atoms with E-state index in [-0.39, 0.29) is 24.0 Å². The van der Waals surface area contributed by atoms with Gasteiger partial charge in [-0.25, -0.2) is 5.43 Å². The second-order valence-corrected chi connectivity index (χ2v) is 5.56. The van der Waals surface area contributed by atoms with Gasteiger partial charge in [-0.3, -0.25) is 4.79 Å². The molecule has 0 aliphatic rings. The van der Waals surface area contributed by atoms with E-state index >= 15 is 0 Å². The third kappa shape index (κ3) is 6.11. The minimum Gasteiger partial charge on any atom is -0.497 e. The van der Waals surface area contributed by atoms with Crippen LogP contribution >= 0.6 is 0 Å². The van der Waals surface area contributed by atoms with E-state index < -0.39 is 6.61 Å². The average Bonchev–Trinajstić information content (AvgIpc) is 2.70. The fraction of sp³-hybridized carbons (Fsp3) is 0.263. The van der Waals surface area contributed by atoms with Gasteiger partial charge in [-0.2, -0.15) is 13.9 Å². The molecular formula is C19H21F2N3O4. The molecular weight excluding hydrogens is 372 g/mol. The zero-order chi connectivity index (χ0) is 20.5. The molecule has 0 saturated heterocycles. The molecule has 2 rings (SSSR count). The quantitative estimate of drug-likeness (QED) is 0.505. The molecule has 2 aromatic carbocycles. The van der Waals surface area contributed by atoms with Gasteiger partial charge in [0.1, 0.15) is 5.75 Å². The maximum Gasteiger partial charge on any atom is 0.387 e. The number of carbonyl (C=O) groups excluding carboxylic acids is 1. The summed E-state index contributed by atoms with van der Waals surface area (Å²) < 4.78 is 39.3. The first-order chi connectivity index (χ1) is 13.4. The summed E-state index contributed by atoms with van der Waals surface area (Å²) in [6.07, 6.45) is 0. The number of alkyl halides is 2. The minimum atomic E-state index is -2.95. The lowest BCUT2D eigenvalue weighted by Gasteiger charge is -2.11. The summed E-state index contributed by atoms with van der Waals surface area (Å²) in [5.74, 6) is 0.373. The lowest BCUT2D eigenvalue weighted by Crippen LogP contribution is -2.26. The number of amides is 1. The van der Waals surface area contributed by atoms with Crippen molar-refractivity contribution in [3.05, 3.63) is 48.0 Å². The molecule has 7 nitrogen and oxygen atoms in total. The van der Waals surface area contributed by atoms with Crippen molar-refractivity contribution in [2.24, 2.45) is 5.10 Å². The highest BCUT2D eigenvalue weighted by molar-refractivity contribution is 5.99. The van der Waals surface area contributed by atoms with Crippen molar-refractivity contribution in [2.45, 2.75) is 13.5 Å². The number of hydrazone groups is 1. The number of ether oxygens (including phenoxy) is 3. The third-order valence-electron chi connectivity index (χ3n) is 3.67. The summed E-state index contributed by atoms with van der Waals surface area (Å²) in [4.78, 5) is 12.0. The van der Waals surface area contributed by atoms with E-state index in [1.165, 1.54) is 19.2 Å². The van der Waals surface area contributed by atoms with Gasteiger partial charge in [-0.15, -0.1) is 0 Å². The number of anilines is 1. The van der Waals surface area contributed by atoms with Crippen LogP contribution in [0.3, 0.4) is 0 Å². The molecule has 28 heavy (non-hydrogen) atoms. The molecule has 0 saturated carbocycles. The number of nitrogens with zero attached hydrogens (tertiary/aromatic N) is 1. The van der Waals surface area contributed by atoms with Gasteiger partial charge < -0.3 is 19.5 Å². The Kier molecular flexibility index (Phi) is 7.55. The van der Waals surface area contributed by atoms with Crippen LogP contribution in [-0.4, -0.2) is 39.0 Å². The molecule has 150 valence electrons. The minimum absolute atomic E-state index is 0.00837. The number of carbonyl (C=O) groups is 1. The van der Waals surface area contributed by atoms with Gasteiger partial charge in [0.15, 0.2) is 11.5 Å². The molecule has 0 spiro atoms. The highest BCUT2D eigenvalue weighted by Gasteiger charge is 2.12. The van der Waals surface area contributed by atoms with Crippen molar-refractivity contribution in [3.63, 3.8) is 0 Å². The van der Waals surface area contributed by atoms with E-state index in [9.17, 15) is 13.6 Å². The first-order valence-corrected chi connectivity index (χ1v) is 8.27. The van der Waals surface area contributed by atoms with E-state index in [0.717, 1.165) is 5.69 Å². The molecule has 1 amide bonds. The molecule has 0 aliphatic carbocycles. The lowest BCUT2D eigenvalue weighted by molar-refractivity contribution is -0.119. The van der Waals surface area contributed by atoms with Gasteiger partial charge >= 0.3 is 6.61 Å². The fourth-order valence-electron chi connectivity index (χ4n) is 2.25. The lowest BCUT2D eigenvalue weighted by atomic mass is 10.1. The number of methoxy groups -OCH3 is 2. The smallest absolute Gasteiger partial charge is 0.387 e. The molecule has 0 heterocycles. The summed E-state index contributed by atoms with van der Waals surface area (Å²) in [5, 5.41) is 6.97. The predicted molar refractivity (Wildman–Crippen MR) is 101 cm³/mol. The Labute approximate surface area is 161 Å². The van der Waals surface area contributed by atoms with Gasteiger partial charge in [0, 0.05) is 17.3 Å². The summed E-state index contributed by atoms with van der Waals surface area (Å²) in [7, 11) is 2.90.